The van der Waals surface area contributed by atoms with Crippen LogP contribution in [0.1, 0.15) is 24.1 Å². The molecule has 3 heterocycles. The maximum absolute atomic E-state index is 14.5. The minimum atomic E-state index is -0.241. The molecule has 4 rings (SSSR count). The summed E-state index contributed by atoms with van der Waals surface area (Å²) in [5.41, 5.74) is 3.02. The Morgan fingerprint density at radius 3 is 2.91 bits per heavy atom. The molecule has 0 radical (unpaired) electrons. The SMILES string of the molecule is CC(c1cc2cnn(C)c2cc1F)c1cnc2cccnn12. The van der Waals surface area contributed by atoms with Crippen LogP contribution >= 0.6 is 0 Å². The second-order valence-electron chi connectivity index (χ2n) is 5.40. The molecule has 110 valence electrons. The monoisotopic (exact) mass is 295 g/mol. The number of rotatable bonds is 2. The van der Waals surface area contributed by atoms with E-state index >= 15 is 0 Å². The van der Waals surface area contributed by atoms with Crippen LogP contribution in [0.4, 0.5) is 4.39 Å². The van der Waals surface area contributed by atoms with Gasteiger partial charge < -0.3 is 0 Å². The molecule has 1 aromatic carbocycles. The molecule has 0 aliphatic carbocycles. The molecular formula is C16H14FN5. The van der Waals surface area contributed by atoms with Gasteiger partial charge in [-0.2, -0.15) is 10.2 Å². The lowest BCUT2D eigenvalue weighted by Crippen LogP contribution is -2.05. The van der Waals surface area contributed by atoms with Gasteiger partial charge in [0.2, 0.25) is 0 Å². The zero-order valence-corrected chi connectivity index (χ0v) is 12.2. The van der Waals surface area contributed by atoms with E-state index in [1.54, 1.807) is 34.8 Å². The minimum absolute atomic E-state index is 0.158. The molecule has 5 nitrogen and oxygen atoms in total. The third-order valence-corrected chi connectivity index (χ3v) is 4.08. The van der Waals surface area contributed by atoms with Gasteiger partial charge in [0, 0.05) is 30.6 Å². The quantitative estimate of drug-likeness (QED) is 0.571. The molecule has 4 aromatic rings. The van der Waals surface area contributed by atoms with E-state index in [2.05, 4.69) is 15.2 Å². The number of fused-ring (bicyclic) bond motifs is 2. The van der Waals surface area contributed by atoms with Crippen LogP contribution in [0.3, 0.4) is 0 Å². The van der Waals surface area contributed by atoms with Crippen molar-refractivity contribution in [2.24, 2.45) is 7.05 Å². The van der Waals surface area contributed by atoms with Crippen LogP contribution in [0, 0.1) is 5.82 Å². The van der Waals surface area contributed by atoms with Crippen molar-refractivity contribution >= 4 is 16.6 Å². The Bertz CT molecular complexity index is 985. The van der Waals surface area contributed by atoms with Gasteiger partial charge in [-0.1, -0.05) is 6.92 Å². The summed E-state index contributed by atoms with van der Waals surface area (Å²) >= 11 is 0. The van der Waals surface area contributed by atoms with Gasteiger partial charge in [-0.05, 0) is 23.8 Å². The van der Waals surface area contributed by atoms with Crippen molar-refractivity contribution in [2.45, 2.75) is 12.8 Å². The lowest BCUT2D eigenvalue weighted by atomic mass is 9.96. The Balaban J connectivity index is 1.88. The molecule has 0 fully saturated rings. The Hall–Kier alpha value is -2.76. The summed E-state index contributed by atoms with van der Waals surface area (Å²) in [5.74, 6) is -0.399. The highest BCUT2D eigenvalue weighted by atomic mass is 19.1. The van der Waals surface area contributed by atoms with Crippen LogP contribution in [0.15, 0.2) is 42.9 Å². The number of hydrogen-bond acceptors (Lipinski definition) is 3. The van der Waals surface area contributed by atoms with Crippen molar-refractivity contribution in [3.05, 3.63) is 59.9 Å². The van der Waals surface area contributed by atoms with Crippen molar-refractivity contribution < 1.29 is 4.39 Å². The average molecular weight is 295 g/mol. The standard InChI is InChI=1S/C16H14FN5/c1-10(15-9-18-16-4-3-5-19-22(15)16)12-6-11-8-20-21(2)14(11)7-13(12)17/h3-10H,1-2H3. The molecule has 3 aromatic heterocycles. The summed E-state index contributed by atoms with van der Waals surface area (Å²) < 4.78 is 17.9. The van der Waals surface area contributed by atoms with Crippen molar-refractivity contribution in [3.8, 4) is 0 Å². The first kappa shape index (κ1) is 12.9. The van der Waals surface area contributed by atoms with Crippen LogP contribution in [-0.4, -0.2) is 24.4 Å². The average Bonchev–Trinajstić information content (AvgIpc) is 3.10. The fraction of sp³-hybridized carbons (Fsp3) is 0.188. The molecule has 0 aliphatic heterocycles. The van der Waals surface area contributed by atoms with E-state index in [1.165, 1.54) is 6.07 Å². The maximum atomic E-state index is 14.5. The summed E-state index contributed by atoms with van der Waals surface area (Å²) in [6.45, 7) is 1.96. The van der Waals surface area contributed by atoms with E-state index in [1.807, 2.05) is 25.1 Å². The molecule has 0 aliphatic rings. The molecule has 22 heavy (non-hydrogen) atoms. The predicted molar refractivity (Wildman–Crippen MR) is 81.2 cm³/mol. The lowest BCUT2D eigenvalue weighted by molar-refractivity contribution is 0.599. The van der Waals surface area contributed by atoms with Crippen molar-refractivity contribution in [3.63, 3.8) is 0 Å². The van der Waals surface area contributed by atoms with Gasteiger partial charge in [-0.25, -0.2) is 13.9 Å². The van der Waals surface area contributed by atoms with Gasteiger partial charge in [0.05, 0.1) is 23.6 Å². The number of hydrogen-bond donors (Lipinski definition) is 0. The second kappa shape index (κ2) is 4.62. The topological polar surface area (TPSA) is 48.0 Å². The zero-order chi connectivity index (χ0) is 15.3. The van der Waals surface area contributed by atoms with Gasteiger partial charge in [-0.3, -0.25) is 4.68 Å². The molecule has 0 N–H and O–H groups in total. The molecule has 0 amide bonds. The van der Waals surface area contributed by atoms with Gasteiger partial charge in [0.1, 0.15) is 5.82 Å². The van der Waals surface area contributed by atoms with E-state index in [0.29, 0.717) is 5.56 Å². The summed E-state index contributed by atoms with van der Waals surface area (Å²) in [5, 5.41) is 9.39. The summed E-state index contributed by atoms with van der Waals surface area (Å²) in [6.07, 6.45) is 5.20. The number of imidazole rings is 1. The fourth-order valence-electron chi connectivity index (χ4n) is 2.83. The highest BCUT2D eigenvalue weighted by Gasteiger charge is 2.19. The van der Waals surface area contributed by atoms with Crippen LogP contribution in [0.2, 0.25) is 0 Å². The first-order valence-electron chi connectivity index (χ1n) is 7.05. The molecule has 0 bridgehead atoms. The van der Waals surface area contributed by atoms with E-state index in [0.717, 1.165) is 22.2 Å². The van der Waals surface area contributed by atoms with Crippen LogP contribution in [0.5, 0.6) is 0 Å². The third-order valence-electron chi connectivity index (χ3n) is 4.08. The zero-order valence-electron chi connectivity index (χ0n) is 12.2. The number of aromatic nitrogens is 5. The third kappa shape index (κ3) is 1.80. The van der Waals surface area contributed by atoms with Crippen molar-refractivity contribution in [1.29, 1.82) is 0 Å². The number of aryl methyl sites for hydroxylation is 1. The smallest absolute Gasteiger partial charge is 0.153 e. The van der Waals surface area contributed by atoms with E-state index in [9.17, 15) is 4.39 Å². The molecule has 0 spiro atoms. The summed E-state index contributed by atoms with van der Waals surface area (Å²) in [7, 11) is 1.80. The number of halogens is 1. The van der Waals surface area contributed by atoms with Crippen LogP contribution in [-0.2, 0) is 7.05 Å². The Kier molecular flexibility index (Phi) is 2.72. The highest BCUT2D eigenvalue weighted by Crippen LogP contribution is 2.29. The predicted octanol–water partition coefficient (Wildman–Crippen LogP) is 2.91. The maximum Gasteiger partial charge on any atom is 0.153 e. The van der Waals surface area contributed by atoms with Gasteiger partial charge >= 0.3 is 0 Å². The Morgan fingerprint density at radius 1 is 1.18 bits per heavy atom. The minimum Gasteiger partial charge on any atom is -0.268 e. The van der Waals surface area contributed by atoms with Crippen LogP contribution in [0.25, 0.3) is 16.6 Å². The molecular weight excluding hydrogens is 281 g/mol. The first-order valence-corrected chi connectivity index (χ1v) is 7.05. The van der Waals surface area contributed by atoms with Crippen LogP contribution < -0.4 is 0 Å². The molecule has 1 unspecified atom stereocenters. The second-order valence-corrected chi connectivity index (χ2v) is 5.40. The molecule has 6 heteroatoms. The molecule has 1 atom stereocenters. The van der Waals surface area contributed by atoms with Crippen molar-refractivity contribution in [2.75, 3.05) is 0 Å². The molecule has 0 saturated heterocycles. The van der Waals surface area contributed by atoms with Gasteiger partial charge in [0.15, 0.2) is 5.65 Å². The van der Waals surface area contributed by atoms with E-state index < -0.39 is 0 Å². The first-order chi connectivity index (χ1) is 10.6. The largest absolute Gasteiger partial charge is 0.268 e. The summed E-state index contributed by atoms with van der Waals surface area (Å²) in [4.78, 5) is 4.32. The summed E-state index contributed by atoms with van der Waals surface area (Å²) in [6, 6.07) is 7.10. The number of benzene rings is 1. The van der Waals surface area contributed by atoms with E-state index in [-0.39, 0.29) is 11.7 Å². The lowest BCUT2D eigenvalue weighted by Gasteiger charge is -2.12. The number of nitrogens with zero attached hydrogens (tertiary/aromatic N) is 5. The molecule has 0 saturated carbocycles. The fourth-order valence-corrected chi connectivity index (χ4v) is 2.83. The van der Waals surface area contributed by atoms with E-state index in [4.69, 9.17) is 0 Å². The highest BCUT2D eigenvalue weighted by molar-refractivity contribution is 5.79. The Morgan fingerprint density at radius 2 is 2.05 bits per heavy atom. The Labute approximate surface area is 126 Å². The normalized spacial score (nSPS) is 13.0. The van der Waals surface area contributed by atoms with Gasteiger partial charge in [0.25, 0.3) is 0 Å². The van der Waals surface area contributed by atoms with Crippen molar-refractivity contribution in [1.82, 2.24) is 24.4 Å². The van der Waals surface area contributed by atoms with Gasteiger partial charge in [-0.15, -0.1) is 0 Å².